The van der Waals surface area contributed by atoms with Gasteiger partial charge in [0.05, 0.1) is 13.2 Å². The van der Waals surface area contributed by atoms with Crippen LogP contribution in [0.3, 0.4) is 0 Å². The summed E-state index contributed by atoms with van der Waals surface area (Å²) in [5.74, 6) is 0. The van der Waals surface area contributed by atoms with Crippen LogP contribution in [0.2, 0.25) is 0 Å². The lowest BCUT2D eigenvalue weighted by Gasteiger charge is -1.91. The number of hydrogen-bond acceptors (Lipinski definition) is 2. The van der Waals surface area contributed by atoms with Crippen LogP contribution >= 0.6 is 12.4 Å². The van der Waals surface area contributed by atoms with Gasteiger partial charge in [-0.2, -0.15) is 0 Å². The van der Waals surface area contributed by atoms with Crippen molar-refractivity contribution in [2.75, 3.05) is 19.8 Å². The molecule has 2 nitrogen and oxygen atoms in total. The minimum Gasteiger partial charge on any atom is -0.394 e. The Labute approximate surface area is 49.9 Å². The first-order chi connectivity index (χ1) is 2.91. The quantitative estimate of drug-likeness (QED) is 0.556. The van der Waals surface area contributed by atoms with Gasteiger partial charge in [0.2, 0.25) is 0 Å². The van der Waals surface area contributed by atoms with E-state index >= 15 is 0 Å². The molecule has 0 unspecified atom stereocenters. The molecule has 0 aromatic heterocycles. The van der Waals surface area contributed by atoms with Crippen molar-refractivity contribution in [2.45, 2.75) is 6.92 Å². The van der Waals surface area contributed by atoms with Crippen molar-refractivity contribution < 1.29 is 9.84 Å². The zero-order chi connectivity index (χ0) is 4.83. The lowest BCUT2D eigenvalue weighted by atomic mass is 10.8. The highest BCUT2D eigenvalue weighted by Gasteiger charge is 1.73. The smallest absolute Gasteiger partial charge is 0.0697 e. The van der Waals surface area contributed by atoms with E-state index in [-0.39, 0.29) is 19.0 Å². The van der Waals surface area contributed by atoms with E-state index < -0.39 is 0 Å². The summed E-state index contributed by atoms with van der Waals surface area (Å²) in [5, 5.41) is 8.07. The highest BCUT2D eigenvalue weighted by atomic mass is 35.5. The number of rotatable bonds is 3. The van der Waals surface area contributed by atoms with Crippen LogP contribution in [0.5, 0.6) is 0 Å². The maximum atomic E-state index is 8.07. The minimum atomic E-state index is 0. The maximum absolute atomic E-state index is 8.07. The maximum Gasteiger partial charge on any atom is 0.0697 e. The Kier molecular flexibility index (Phi) is 13.9. The summed E-state index contributed by atoms with van der Waals surface area (Å²) in [7, 11) is 0. The van der Waals surface area contributed by atoms with Gasteiger partial charge in [0.15, 0.2) is 0 Å². The lowest BCUT2D eigenvalue weighted by molar-refractivity contribution is 0.102. The molecule has 0 rings (SSSR count). The van der Waals surface area contributed by atoms with Gasteiger partial charge in [-0.3, -0.25) is 0 Å². The van der Waals surface area contributed by atoms with E-state index in [2.05, 4.69) is 0 Å². The highest BCUT2D eigenvalue weighted by molar-refractivity contribution is 5.85. The van der Waals surface area contributed by atoms with E-state index in [0.29, 0.717) is 13.2 Å². The molecule has 0 aliphatic rings. The van der Waals surface area contributed by atoms with Gasteiger partial charge in [-0.05, 0) is 6.92 Å². The molecular formula is C4H11ClO2. The van der Waals surface area contributed by atoms with Gasteiger partial charge in [0.25, 0.3) is 0 Å². The molecular weight excluding hydrogens is 115 g/mol. The average molecular weight is 127 g/mol. The standard InChI is InChI=1S/C4H10O2.ClH/c1-2-6-4-3-5;/h5H,2-4H2,1H3;1H. The van der Waals surface area contributed by atoms with Crippen LogP contribution in [0.1, 0.15) is 6.92 Å². The Morgan fingerprint density at radius 1 is 1.57 bits per heavy atom. The van der Waals surface area contributed by atoms with E-state index in [0.717, 1.165) is 0 Å². The molecule has 0 amide bonds. The summed E-state index contributed by atoms with van der Waals surface area (Å²) in [6, 6.07) is 0. The topological polar surface area (TPSA) is 29.5 Å². The first-order valence-corrected chi connectivity index (χ1v) is 2.10. The van der Waals surface area contributed by atoms with Crippen LogP contribution in [0.4, 0.5) is 0 Å². The van der Waals surface area contributed by atoms with Crippen LogP contribution in [-0.4, -0.2) is 24.9 Å². The second-order valence-corrected chi connectivity index (χ2v) is 0.921. The normalized spacial score (nSPS) is 7.71. The Balaban J connectivity index is 0. The summed E-state index contributed by atoms with van der Waals surface area (Å²) in [4.78, 5) is 0. The first-order valence-electron chi connectivity index (χ1n) is 2.10. The molecule has 0 bridgehead atoms. The third kappa shape index (κ3) is 10.7. The Bertz CT molecular complexity index is 21.7. The molecule has 46 valence electrons. The van der Waals surface area contributed by atoms with Crippen molar-refractivity contribution in [3.63, 3.8) is 0 Å². The lowest BCUT2D eigenvalue weighted by Crippen LogP contribution is -1.96. The van der Waals surface area contributed by atoms with Gasteiger partial charge >= 0.3 is 0 Å². The molecule has 0 aromatic rings. The second-order valence-electron chi connectivity index (χ2n) is 0.921. The van der Waals surface area contributed by atoms with Crippen LogP contribution in [0, 0.1) is 0 Å². The van der Waals surface area contributed by atoms with E-state index in [9.17, 15) is 0 Å². The zero-order valence-electron chi connectivity index (χ0n) is 4.39. The number of halogens is 1. The van der Waals surface area contributed by atoms with E-state index in [1.807, 2.05) is 6.92 Å². The van der Waals surface area contributed by atoms with Crippen molar-refractivity contribution in [1.82, 2.24) is 0 Å². The molecule has 7 heavy (non-hydrogen) atoms. The highest BCUT2D eigenvalue weighted by Crippen LogP contribution is 1.66. The Hall–Kier alpha value is 0.210. The largest absolute Gasteiger partial charge is 0.394 e. The molecule has 3 heteroatoms. The summed E-state index contributed by atoms with van der Waals surface area (Å²) < 4.78 is 4.73. The van der Waals surface area contributed by atoms with Crippen LogP contribution in [-0.2, 0) is 4.74 Å². The molecule has 1 N–H and O–H groups in total. The van der Waals surface area contributed by atoms with Gasteiger partial charge in [0, 0.05) is 6.61 Å². The summed E-state index contributed by atoms with van der Waals surface area (Å²) in [6.07, 6.45) is 0. The number of aliphatic hydroxyl groups excluding tert-OH is 1. The summed E-state index contributed by atoms with van der Waals surface area (Å²) in [6.45, 7) is 3.20. The zero-order valence-corrected chi connectivity index (χ0v) is 5.20. The third-order valence-electron chi connectivity index (χ3n) is 0.440. The minimum absolute atomic E-state index is 0. The molecule has 0 aromatic carbocycles. The molecule has 0 radical (unpaired) electrons. The van der Waals surface area contributed by atoms with Gasteiger partial charge < -0.3 is 9.84 Å². The van der Waals surface area contributed by atoms with Crippen molar-refractivity contribution in [1.29, 1.82) is 0 Å². The van der Waals surface area contributed by atoms with Crippen LogP contribution in [0.25, 0.3) is 0 Å². The van der Waals surface area contributed by atoms with Crippen molar-refractivity contribution in [3.8, 4) is 0 Å². The fourth-order valence-electron chi connectivity index (χ4n) is 0.209. The monoisotopic (exact) mass is 126 g/mol. The van der Waals surface area contributed by atoms with Crippen molar-refractivity contribution in [3.05, 3.63) is 0 Å². The molecule has 0 saturated carbocycles. The van der Waals surface area contributed by atoms with Gasteiger partial charge in [-0.25, -0.2) is 0 Å². The number of aliphatic hydroxyl groups is 1. The fraction of sp³-hybridized carbons (Fsp3) is 1.00. The Morgan fingerprint density at radius 2 is 2.14 bits per heavy atom. The Morgan fingerprint density at radius 3 is 2.29 bits per heavy atom. The molecule has 0 aliphatic carbocycles. The number of ether oxygens (including phenoxy) is 1. The molecule has 0 heterocycles. The van der Waals surface area contributed by atoms with E-state index in [1.54, 1.807) is 0 Å². The predicted octanol–water partition coefficient (Wildman–Crippen LogP) is 0.437. The van der Waals surface area contributed by atoms with Crippen molar-refractivity contribution in [2.24, 2.45) is 0 Å². The van der Waals surface area contributed by atoms with Crippen LogP contribution in [0.15, 0.2) is 0 Å². The SMILES string of the molecule is CCOCCO.Cl. The van der Waals surface area contributed by atoms with E-state index in [4.69, 9.17) is 9.84 Å². The predicted molar refractivity (Wildman–Crippen MR) is 30.8 cm³/mol. The second kappa shape index (κ2) is 9.51. The molecule has 0 fully saturated rings. The van der Waals surface area contributed by atoms with Gasteiger partial charge in [0.1, 0.15) is 0 Å². The first kappa shape index (κ1) is 10.2. The van der Waals surface area contributed by atoms with E-state index in [1.165, 1.54) is 0 Å². The molecule has 0 atom stereocenters. The summed E-state index contributed by atoms with van der Waals surface area (Å²) >= 11 is 0. The van der Waals surface area contributed by atoms with Crippen LogP contribution < -0.4 is 0 Å². The van der Waals surface area contributed by atoms with Gasteiger partial charge in [-0.1, -0.05) is 0 Å². The van der Waals surface area contributed by atoms with Gasteiger partial charge in [-0.15, -0.1) is 12.4 Å². The third-order valence-corrected chi connectivity index (χ3v) is 0.440. The average Bonchev–Trinajstić information content (AvgIpc) is 1.61. The molecule has 0 spiro atoms. The fourth-order valence-corrected chi connectivity index (χ4v) is 0.209. The summed E-state index contributed by atoms with van der Waals surface area (Å²) in [5.41, 5.74) is 0. The number of hydrogen-bond donors (Lipinski definition) is 1. The molecule has 0 aliphatic heterocycles. The van der Waals surface area contributed by atoms with Crippen molar-refractivity contribution >= 4 is 12.4 Å². The molecule has 0 saturated heterocycles.